The Labute approximate surface area is 249 Å². The summed E-state index contributed by atoms with van der Waals surface area (Å²) >= 11 is 0. The van der Waals surface area contributed by atoms with E-state index in [4.69, 9.17) is 20.1 Å². The molecule has 0 saturated carbocycles. The number of phenolic OH excluding ortho intramolecular Hbond substituents is 2. The van der Waals surface area contributed by atoms with Gasteiger partial charge in [0.1, 0.15) is 35.6 Å². The highest BCUT2D eigenvalue weighted by molar-refractivity contribution is 6.31. The van der Waals surface area contributed by atoms with E-state index in [-0.39, 0.29) is 34.4 Å². The standard InChI is InChI=1S/C28H31N3O13/c1-10-22(34)13(31(30-29)27(39)40)6-17(43-10)44-15-8-28(41,16(33)9-32)7-12-19(15)26(38)21-20(24(12)36)23(35)11-4-3-5-14(42-2)18(11)25(21)37/h3-5,10,13,15,17,22,30,32,34,36,38,41H,6-9,29H2,1-2H3,(H,39,40)/t10?,13?,15-,17?,22?,28-/m0/s1. The third kappa shape index (κ3) is 4.76. The first-order chi connectivity index (χ1) is 20.8. The Kier molecular flexibility index (Phi) is 8.10. The number of hydrogen-bond acceptors (Lipinski definition) is 14. The van der Waals surface area contributed by atoms with Crippen molar-refractivity contribution in [2.45, 2.75) is 62.4 Å². The van der Waals surface area contributed by atoms with Gasteiger partial charge in [-0.05, 0) is 13.0 Å². The van der Waals surface area contributed by atoms with Crippen LogP contribution >= 0.6 is 0 Å². The van der Waals surface area contributed by atoms with E-state index in [2.05, 4.69) is 0 Å². The molecule has 1 heterocycles. The molecule has 1 saturated heterocycles. The second-order valence-electron chi connectivity index (χ2n) is 10.8. The number of amides is 1. The number of fused-ring (bicyclic) bond motifs is 3. The minimum atomic E-state index is -2.36. The highest BCUT2D eigenvalue weighted by Crippen LogP contribution is 2.52. The molecule has 2 aromatic rings. The largest absolute Gasteiger partial charge is 0.507 e. The van der Waals surface area contributed by atoms with Crippen LogP contribution in [0.25, 0.3) is 0 Å². The average molecular weight is 618 g/mol. The smallest absolute Gasteiger partial charge is 0.423 e. The molecule has 236 valence electrons. The zero-order valence-corrected chi connectivity index (χ0v) is 23.5. The zero-order valence-electron chi connectivity index (χ0n) is 23.5. The van der Waals surface area contributed by atoms with Crippen LogP contribution in [0.15, 0.2) is 18.2 Å². The van der Waals surface area contributed by atoms with Gasteiger partial charge in [0.15, 0.2) is 17.9 Å². The van der Waals surface area contributed by atoms with Crippen LogP contribution in [0.2, 0.25) is 0 Å². The van der Waals surface area contributed by atoms with Crippen molar-refractivity contribution in [2.75, 3.05) is 13.7 Å². The fourth-order valence-corrected chi connectivity index (χ4v) is 6.24. The van der Waals surface area contributed by atoms with Crippen LogP contribution in [0, 0.1) is 0 Å². The summed E-state index contributed by atoms with van der Waals surface area (Å²) < 4.78 is 17.0. The molecule has 3 aliphatic rings. The number of ketones is 3. The number of hydrogen-bond donors (Lipinski definition) is 8. The van der Waals surface area contributed by atoms with Crippen molar-refractivity contribution in [3.8, 4) is 17.2 Å². The van der Waals surface area contributed by atoms with Crippen LogP contribution in [0.1, 0.15) is 68.8 Å². The lowest BCUT2D eigenvalue weighted by Crippen LogP contribution is -2.62. The number of aliphatic hydroxyl groups is 3. The summed E-state index contributed by atoms with van der Waals surface area (Å²) in [6.45, 7) is 0.334. The molecule has 0 radical (unpaired) electrons. The molecule has 1 aliphatic heterocycles. The van der Waals surface area contributed by atoms with Crippen LogP contribution in [-0.2, 0) is 20.7 Å². The lowest BCUT2D eigenvalue weighted by Gasteiger charge is -2.44. The maximum atomic E-state index is 13.8. The highest BCUT2D eigenvalue weighted by Gasteiger charge is 2.50. The first-order valence-corrected chi connectivity index (χ1v) is 13.5. The fourth-order valence-electron chi connectivity index (χ4n) is 6.24. The Hall–Kier alpha value is -4.16. The van der Waals surface area contributed by atoms with E-state index in [0.29, 0.717) is 5.01 Å². The van der Waals surface area contributed by atoms with Crippen LogP contribution in [0.5, 0.6) is 17.2 Å². The Morgan fingerprint density at radius 2 is 1.84 bits per heavy atom. The van der Waals surface area contributed by atoms with Crippen molar-refractivity contribution in [1.29, 1.82) is 0 Å². The molecular weight excluding hydrogens is 586 g/mol. The van der Waals surface area contributed by atoms with Crippen molar-refractivity contribution in [1.82, 2.24) is 10.5 Å². The first-order valence-electron chi connectivity index (χ1n) is 13.5. The van der Waals surface area contributed by atoms with Gasteiger partial charge in [-0.3, -0.25) is 20.2 Å². The van der Waals surface area contributed by atoms with E-state index >= 15 is 0 Å². The summed E-state index contributed by atoms with van der Waals surface area (Å²) in [6, 6.07) is 3.05. The van der Waals surface area contributed by atoms with Gasteiger partial charge in [0.25, 0.3) is 0 Å². The number of Topliss-reactive ketones (excluding diaryl/α,β-unsaturated/α-hetero) is 1. The number of rotatable bonds is 7. The molecule has 44 heavy (non-hydrogen) atoms. The zero-order chi connectivity index (χ0) is 32.2. The van der Waals surface area contributed by atoms with Crippen LogP contribution in [0.3, 0.4) is 0 Å². The molecule has 5 rings (SSSR count). The van der Waals surface area contributed by atoms with Gasteiger partial charge >= 0.3 is 6.09 Å². The van der Waals surface area contributed by atoms with E-state index in [1.165, 1.54) is 32.2 Å². The van der Waals surface area contributed by atoms with Gasteiger partial charge in [0.2, 0.25) is 5.78 Å². The summed E-state index contributed by atoms with van der Waals surface area (Å²) in [4.78, 5) is 51.8. The van der Waals surface area contributed by atoms with Crippen LogP contribution in [0.4, 0.5) is 4.79 Å². The number of nitrogens with two attached hydrogens (primary N) is 1. The van der Waals surface area contributed by atoms with E-state index < -0.39 is 102 Å². The molecule has 0 aromatic heterocycles. The van der Waals surface area contributed by atoms with Crippen molar-refractivity contribution >= 4 is 23.4 Å². The van der Waals surface area contributed by atoms with E-state index in [9.17, 15) is 49.8 Å². The molecular formula is C28H31N3O13. The summed E-state index contributed by atoms with van der Waals surface area (Å²) in [6.07, 6.45) is -8.38. The minimum absolute atomic E-state index is 0.0459. The number of phenols is 2. The number of benzene rings is 2. The lowest BCUT2D eigenvalue weighted by molar-refractivity contribution is -0.258. The number of hydrazine groups is 2. The number of carbonyl (C=O) groups excluding carboxylic acids is 3. The third-order valence-electron chi connectivity index (χ3n) is 8.41. The Balaban J connectivity index is 1.65. The van der Waals surface area contributed by atoms with Crippen LogP contribution in [-0.4, -0.2) is 103 Å². The Bertz CT molecular complexity index is 1560. The van der Waals surface area contributed by atoms with Gasteiger partial charge in [-0.2, -0.15) is 5.53 Å². The molecule has 1 fully saturated rings. The summed E-state index contributed by atoms with van der Waals surface area (Å²) in [5.74, 6) is 1.13. The first kappa shape index (κ1) is 31.3. The summed E-state index contributed by atoms with van der Waals surface area (Å²) in [5, 5.41) is 64.6. The minimum Gasteiger partial charge on any atom is -0.507 e. The van der Waals surface area contributed by atoms with E-state index in [1.54, 1.807) is 0 Å². The predicted octanol–water partition coefficient (Wildman–Crippen LogP) is -0.599. The molecule has 6 atom stereocenters. The summed E-state index contributed by atoms with van der Waals surface area (Å²) in [7, 11) is 1.29. The normalized spacial score (nSPS) is 27.6. The van der Waals surface area contributed by atoms with Gasteiger partial charge in [-0.1, -0.05) is 12.1 Å². The number of nitrogens with one attached hydrogen (secondary N) is 1. The van der Waals surface area contributed by atoms with Crippen molar-refractivity contribution in [2.24, 2.45) is 5.84 Å². The molecule has 2 aromatic carbocycles. The SMILES string of the molecule is COc1cccc2c1C(=O)c1c(O)c3c(c(O)c1C2=O)C[C@@](O)(C(=O)CO)C[C@@H]3OC1CC(N(NN)C(=O)O)C(O)C(C)O1. The molecule has 16 nitrogen and oxygen atoms in total. The van der Waals surface area contributed by atoms with Crippen molar-refractivity contribution in [3.63, 3.8) is 0 Å². The van der Waals surface area contributed by atoms with Gasteiger partial charge in [-0.15, -0.1) is 0 Å². The van der Waals surface area contributed by atoms with Crippen LogP contribution < -0.4 is 16.1 Å². The monoisotopic (exact) mass is 617 g/mol. The number of aliphatic hydroxyl groups excluding tert-OH is 2. The highest BCUT2D eigenvalue weighted by atomic mass is 16.7. The number of aromatic hydroxyl groups is 2. The molecule has 0 bridgehead atoms. The lowest BCUT2D eigenvalue weighted by atomic mass is 9.72. The molecule has 9 N–H and O–H groups in total. The number of carbonyl (C=O) groups is 4. The number of ether oxygens (including phenoxy) is 3. The molecule has 4 unspecified atom stereocenters. The van der Waals surface area contributed by atoms with Crippen molar-refractivity contribution < 1.29 is 64.0 Å². The number of carboxylic acid groups (broad SMARTS) is 1. The van der Waals surface area contributed by atoms with Gasteiger partial charge < -0.3 is 44.8 Å². The maximum Gasteiger partial charge on any atom is 0.423 e. The Morgan fingerprint density at radius 3 is 2.45 bits per heavy atom. The molecule has 2 aliphatic carbocycles. The number of nitrogens with zero attached hydrogens (tertiary/aromatic N) is 1. The second-order valence-corrected chi connectivity index (χ2v) is 10.8. The molecule has 1 amide bonds. The quantitative estimate of drug-likeness (QED) is 0.0935. The second kappa shape index (κ2) is 11.4. The van der Waals surface area contributed by atoms with E-state index in [1.807, 2.05) is 5.53 Å². The predicted molar refractivity (Wildman–Crippen MR) is 145 cm³/mol. The van der Waals surface area contributed by atoms with Crippen molar-refractivity contribution in [3.05, 3.63) is 51.6 Å². The average Bonchev–Trinajstić information content (AvgIpc) is 2.99. The summed E-state index contributed by atoms with van der Waals surface area (Å²) in [5.41, 5.74) is -2.26. The molecule has 16 heteroatoms. The maximum absolute atomic E-state index is 13.8. The number of methoxy groups -OCH3 is 1. The van der Waals surface area contributed by atoms with Gasteiger partial charge in [0.05, 0.1) is 42.0 Å². The molecule has 0 spiro atoms. The van der Waals surface area contributed by atoms with Gasteiger partial charge in [0, 0.05) is 36.0 Å². The Morgan fingerprint density at radius 1 is 1.16 bits per heavy atom. The fraction of sp³-hybridized carbons (Fsp3) is 0.429. The topological polar surface area (TPSA) is 259 Å². The van der Waals surface area contributed by atoms with E-state index in [0.717, 1.165) is 0 Å². The third-order valence-corrected chi connectivity index (χ3v) is 8.41. The van der Waals surface area contributed by atoms with Gasteiger partial charge in [-0.25, -0.2) is 9.80 Å².